The summed E-state index contributed by atoms with van der Waals surface area (Å²) in [7, 11) is 0. The van der Waals surface area contributed by atoms with Crippen LogP contribution >= 0.6 is 39.0 Å². The summed E-state index contributed by atoms with van der Waals surface area (Å²) in [5.41, 5.74) is 5.55. The standard InChI is InChI=1S/C11H11BrN2S2/c12-8-1-3-9(4-2-8)15-7-11-14-6-10(5-13)16-11/h1-4,6H,5,7,13H2. The number of hydrogen-bond acceptors (Lipinski definition) is 4. The Balaban J connectivity index is 1.94. The molecule has 0 saturated carbocycles. The van der Waals surface area contributed by atoms with Gasteiger partial charge in [-0.15, -0.1) is 23.1 Å². The molecule has 84 valence electrons. The van der Waals surface area contributed by atoms with Crippen molar-refractivity contribution in [3.63, 3.8) is 0 Å². The van der Waals surface area contributed by atoms with Crippen LogP contribution in [0.2, 0.25) is 0 Å². The summed E-state index contributed by atoms with van der Waals surface area (Å²) in [6.07, 6.45) is 1.86. The molecule has 1 aromatic carbocycles. The van der Waals surface area contributed by atoms with Crippen LogP contribution in [0.3, 0.4) is 0 Å². The molecule has 2 nitrogen and oxygen atoms in total. The van der Waals surface area contributed by atoms with Crippen molar-refractivity contribution in [2.45, 2.75) is 17.2 Å². The van der Waals surface area contributed by atoms with Gasteiger partial charge in [0.05, 0.1) is 5.75 Å². The number of hydrogen-bond donors (Lipinski definition) is 1. The molecule has 0 saturated heterocycles. The molecule has 5 heteroatoms. The molecule has 0 aliphatic rings. The average Bonchev–Trinajstić information content (AvgIpc) is 2.76. The van der Waals surface area contributed by atoms with Gasteiger partial charge in [0.1, 0.15) is 5.01 Å². The van der Waals surface area contributed by atoms with Gasteiger partial charge in [-0.2, -0.15) is 0 Å². The quantitative estimate of drug-likeness (QED) is 0.875. The Morgan fingerprint density at radius 1 is 1.31 bits per heavy atom. The zero-order valence-corrected chi connectivity index (χ0v) is 11.7. The van der Waals surface area contributed by atoms with Crippen molar-refractivity contribution in [3.05, 3.63) is 44.8 Å². The first-order valence-electron chi connectivity index (χ1n) is 4.80. The van der Waals surface area contributed by atoms with E-state index in [1.165, 1.54) is 4.90 Å². The van der Waals surface area contributed by atoms with Gasteiger partial charge in [-0.05, 0) is 24.3 Å². The maximum absolute atomic E-state index is 5.55. The molecule has 0 aliphatic carbocycles. The van der Waals surface area contributed by atoms with E-state index in [-0.39, 0.29) is 0 Å². The lowest BCUT2D eigenvalue weighted by atomic mass is 10.4. The minimum atomic E-state index is 0.584. The van der Waals surface area contributed by atoms with Gasteiger partial charge in [0.25, 0.3) is 0 Å². The Morgan fingerprint density at radius 2 is 2.06 bits per heavy atom. The van der Waals surface area contributed by atoms with E-state index in [9.17, 15) is 0 Å². The summed E-state index contributed by atoms with van der Waals surface area (Å²) in [6.45, 7) is 0.584. The Kier molecular flexibility index (Phi) is 4.40. The molecule has 0 radical (unpaired) electrons. The van der Waals surface area contributed by atoms with Gasteiger partial charge in [0.2, 0.25) is 0 Å². The molecule has 0 amide bonds. The third-order valence-corrected chi connectivity index (χ3v) is 4.73. The predicted molar refractivity (Wildman–Crippen MR) is 73.7 cm³/mol. The van der Waals surface area contributed by atoms with Crippen LogP contribution in [0.5, 0.6) is 0 Å². The zero-order chi connectivity index (χ0) is 11.4. The molecule has 2 aromatic rings. The van der Waals surface area contributed by atoms with Crippen molar-refractivity contribution in [2.75, 3.05) is 0 Å². The van der Waals surface area contributed by atoms with Crippen LogP contribution in [-0.4, -0.2) is 4.98 Å². The van der Waals surface area contributed by atoms with E-state index >= 15 is 0 Å². The van der Waals surface area contributed by atoms with Gasteiger partial charge in [-0.3, -0.25) is 0 Å². The first kappa shape index (κ1) is 12.1. The highest BCUT2D eigenvalue weighted by Gasteiger charge is 2.01. The number of benzene rings is 1. The number of rotatable bonds is 4. The zero-order valence-electron chi connectivity index (χ0n) is 8.52. The number of nitrogens with zero attached hydrogens (tertiary/aromatic N) is 1. The largest absolute Gasteiger partial charge is 0.326 e. The second-order valence-electron chi connectivity index (χ2n) is 3.17. The lowest BCUT2D eigenvalue weighted by molar-refractivity contribution is 1.09. The number of halogens is 1. The van der Waals surface area contributed by atoms with Gasteiger partial charge in [0, 0.05) is 27.0 Å². The Labute approximate surface area is 111 Å². The molecule has 2 rings (SSSR count). The van der Waals surface area contributed by atoms with E-state index in [0.717, 1.165) is 20.1 Å². The second kappa shape index (κ2) is 5.82. The van der Waals surface area contributed by atoms with E-state index < -0.39 is 0 Å². The number of thioether (sulfide) groups is 1. The van der Waals surface area contributed by atoms with Crippen LogP contribution in [0, 0.1) is 0 Å². The van der Waals surface area contributed by atoms with E-state index in [0.29, 0.717) is 6.54 Å². The summed E-state index contributed by atoms with van der Waals surface area (Å²) in [5, 5.41) is 1.13. The summed E-state index contributed by atoms with van der Waals surface area (Å²) < 4.78 is 1.11. The van der Waals surface area contributed by atoms with Crippen LogP contribution in [0.15, 0.2) is 39.8 Å². The molecule has 1 aromatic heterocycles. The fourth-order valence-electron chi connectivity index (χ4n) is 1.19. The van der Waals surface area contributed by atoms with E-state index in [2.05, 4.69) is 45.2 Å². The number of aromatic nitrogens is 1. The Bertz CT molecular complexity index is 453. The Hall–Kier alpha value is -0.360. The predicted octanol–water partition coefficient (Wildman–Crippen LogP) is 3.66. The first-order valence-corrected chi connectivity index (χ1v) is 7.39. The molecule has 0 bridgehead atoms. The minimum Gasteiger partial charge on any atom is -0.326 e. The van der Waals surface area contributed by atoms with Crippen LogP contribution in [0.4, 0.5) is 0 Å². The second-order valence-corrected chi connectivity index (χ2v) is 6.33. The van der Waals surface area contributed by atoms with Gasteiger partial charge in [0.15, 0.2) is 0 Å². The molecule has 1 heterocycles. The van der Waals surface area contributed by atoms with Gasteiger partial charge in [-0.1, -0.05) is 15.9 Å². The number of thiazole rings is 1. The summed E-state index contributed by atoms with van der Waals surface area (Å²) >= 11 is 6.90. The van der Waals surface area contributed by atoms with Crippen molar-refractivity contribution in [2.24, 2.45) is 5.73 Å². The SMILES string of the molecule is NCc1cnc(CSc2ccc(Br)cc2)s1. The van der Waals surface area contributed by atoms with Crippen molar-refractivity contribution in [1.29, 1.82) is 0 Å². The molecule has 16 heavy (non-hydrogen) atoms. The van der Waals surface area contributed by atoms with Crippen LogP contribution in [0.1, 0.15) is 9.88 Å². The maximum atomic E-state index is 5.55. The maximum Gasteiger partial charge on any atom is 0.103 e. The average molecular weight is 315 g/mol. The monoisotopic (exact) mass is 314 g/mol. The fraction of sp³-hybridized carbons (Fsp3) is 0.182. The normalized spacial score (nSPS) is 10.6. The van der Waals surface area contributed by atoms with Crippen LogP contribution in [-0.2, 0) is 12.3 Å². The highest BCUT2D eigenvalue weighted by atomic mass is 79.9. The molecule has 0 aliphatic heterocycles. The Morgan fingerprint density at radius 3 is 2.69 bits per heavy atom. The lowest BCUT2D eigenvalue weighted by Gasteiger charge is -1.98. The summed E-state index contributed by atoms with van der Waals surface area (Å²) in [6, 6.07) is 8.31. The minimum absolute atomic E-state index is 0.584. The molecule has 0 fully saturated rings. The van der Waals surface area contributed by atoms with Crippen molar-refractivity contribution in [3.8, 4) is 0 Å². The fourth-order valence-corrected chi connectivity index (χ4v) is 3.15. The van der Waals surface area contributed by atoms with E-state index in [1.807, 2.05) is 6.20 Å². The van der Waals surface area contributed by atoms with E-state index in [4.69, 9.17) is 5.73 Å². The van der Waals surface area contributed by atoms with Crippen molar-refractivity contribution >= 4 is 39.0 Å². The van der Waals surface area contributed by atoms with Crippen LogP contribution < -0.4 is 5.73 Å². The third-order valence-electron chi connectivity index (χ3n) is 1.98. The smallest absolute Gasteiger partial charge is 0.103 e. The topological polar surface area (TPSA) is 38.9 Å². The van der Waals surface area contributed by atoms with E-state index in [1.54, 1.807) is 23.1 Å². The summed E-state index contributed by atoms with van der Waals surface area (Å²) in [5.74, 6) is 0.909. The van der Waals surface area contributed by atoms with Crippen molar-refractivity contribution in [1.82, 2.24) is 4.98 Å². The highest BCUT2D eigenvalue weighted by Crippen LogP contribution is 2.26. The number of nitrogens with two attached hydrogens (primary N) is 1. The molecule has 0 spiro atoms. The molecule has 0 unspecified atom stereocenters. The van der Waals surface area contributed by atoms with Gasteiger partial charge < -0.3 is 5.73 Å². The molecule has 0 atom stereocenters. The van der Waals surface area contributed by atoms with Gasteiger partial charge in [-0.25, -0.2) is 4.98 Å². The lowest BCUT2D eigenvalue weighted by Crippen LogP contribution is -1.91. The first-order chi connectivity index (χ1) is 7.78. The molecular weight excluding hydrogens is 304 g/mol. The molecular formula is C11H11BrN2S2. The highest BCUT2D eigenvalue weighted by molar-refractivity contribution is 9.10. The summed E-state index contributed by atoms with van der Waals surface area (Å²) in [4.78, 5) is 6.73. The van der Waals surface area contributed by atoms with Crippen LogP contribution in [0.25, 0.3) is 0 Å². The van der Waals surface area contributed by atoms with Crippen molar-refractivity contribution < 1.29 is 0 Å². The molecule has 2 N–H and O–H groups in total. The van der Waals surface area contributed by atoms with Gasteiger partial charge >= 0.3 is 0 Å². The third kappa shape index (κ3) is 3.31.